The first-order valence-corrected chi connectivity index (χ1v) is 11.9. The summed E-state index contributed by atoms with van der Waals surface area (Å²) < 4.78 is 26.6. The number of rotatable bonds is 7. The molecule has 1 aliphatic heterocycles. The van der Waals surface area contributed by atoms with Gasteiger partial charge in [-0.25, -0.2) is 9.37 Å². The molecule has 0 radical (unpaired) electrons. The number of halogens is 1. The molecule has 5 rings (SSSR count). The van der Waals surface area contributed by atoms with Gasteiger partial charge in [0.1, 0.15) is 5.82 Å². The average Bonchev–Trinajstić information content (AvgIpc) is 3.33. The van der Waals surface area contributed by atoms with E-state index in [9.17, 15) is 9.18 Å². The fourth-order valence-electron chi connectivity index (χ4n) is 4.44. The Morgan fingerprint density at radius 3 is 2.67 bits per heavy atom. The molecular weight excluding hydrogens is 461 g/mol. The molecule has 1 amide bonds. The summed E-state index contributed by atoms with van der Waals surface area (Å²) in [5.74, 6) is 0.135. The van der Waals surface area contributed by atoms with Crippen LogP contribution in [0.3, 0.4) is 0 Å². The molecule has 1 aliphatic rings. The summed E-state index contributed by atoms with van der Waals surface area (Å²) in [5, 5.41) is 12.6. The fraction of sp³-hybridized carbons (Fsp3) is 0.296. The quantitative estimate of drug-likeness (QED) is 0.404. The van der Waals surface area contributed by atoms with E-state index in [0.717, 1.165) is 48.2 Å². The summed E-state index contributed by atoms with van der Waals surface area (Å²) in [7, 11) is 3.21. The second-order valence-electron chi connectivity index (χ2n) is 8.91. The van der Waals surface area contributed by atoms with Crippen LogP contribution in [-0.4, -0.2) is 47.0 Å². The summed E-state index contributed by atoms with van der Waals surface area (Å²) in [6.45, 7) is 1.48. The molecule has 1 saturated heterocycles. The number of carbonyl (C=O) groups is 1. The highest BCUT2D eigenvalue weighted by atomic mass is 19.1. The second kappa shape index (κ2) is 10.3. The number of aryl methyl sites for hydroxylation is 1. The molecule has 1 atom stereocenters. The monoisotopic (exact) mass is 489 g/mol. The molecule has 2 N–H and O–H groups in total. The van der Waals surface area contributed by atoms with Crippen LogP contribution in [0.1, 0.15) is 40.4 Å². The van der Waals surface area contributed by atoms with Gasteiger partial charge in [-0.3, -0.25) is 9.48 Å². The van der Waals surface area contributed by atoms with Gasteiger partial charge in [0.25, 0.3) is 5.91 Å². The van der Waals surface area contributed by atoms with Crippen molar-refractivity contribution in [3.63, 3.8) is 0 Å². The molecule has 4 aromatic rings. The smallest absolute Gasteiger partial charge is 0.252 e. The number of nitrogens with zero attached hydrogens (tertiary/aromatic N) is 3. The number of carbonyl (C=O) groups excluding carboxylic acids is 1. The number of ether oxygens (including phenoxy) is 2. The first kappa shape index (κ1) is 23.7. The van der Waals surface area contributed by atoms with Crippen molar-refractivity contribution in [3.05, 3.63) is 83.6 Å². The van der Waals surface area contributed by atoms with Crippen molar-refractivity contribution in [2.24, 2.45) is 7.05 Å². The van der Waals surface area contributed by atoms with Gasteiger partial charge < -0.3 is 20.1 Å². The highest BCUT2D eigenvalue weighted by molar-refractivity contribution is 5.99. The summed E-state index contributed by atoms with van der Waals surface area (Å²) in [6.07, 6.45) is 7.13. The van der Waals surface area contributed by atoms with Crippen molar-refractivity contribution in [2.45, 2.75) is 24.9 Å². The third-order valence-corrected chi connectivity index (χ3v) is 6.40. The summed E-state index contributed by atoms with van der Waals surface area (Å²) in [6, 6.07) is 11.8. The largest absolute Gasteiger partial charge is 0.494 e. The van der Waals surface area contributed by atoms with Gasteiger partial charge in [0.05, 0.1) is 19.3 Å². The Morgan fingerprint density at radius 1 is 1.11 bits per heavy atom. The fourth-order valence-corrected chi connectivity index (χ4v) is 4.44. The number of amides is 1. The number of methoxy groups -OCH3 is 1. The lowest BCUT2D eigenvalue weighted by molar-refractivity contribution is 0.0903. The zero-order valence-electron chi connectivity index (χ0n) is 20.2. The Morgan fingerprint density at radius 2 is 1.94 bits per heavy atom. The molecule has 3 heterocycles. The molecule has 1 unspecified atom stereocenters. The highest BCUT2D eigenvalue weighted by Gasteiger charge is 2.21. The second-order valence-corrected chi connectivity index (χ2v) is 8.91. The van der Waals surface area contributed by atoms with E-state index in [4.69, 9.17) is 9.47 Å². The van der Waals surface area contributed by atoms with Gasteiger partial charge in [0.2, 0.25) is 0 Å². The van der Waals surface area contributed by atoms with Crippen LogP contribution in [0.2, 0.25) is 0 Å². The molecule has 0 bridgehead atoms. The van der Waals surface area contributed by atoms with Crippen LogP contribution in [0.5, 0.6) is 5.75 Å². The van der Waals surface area contributed by atoms with Crippen molar-refractivity contribution in [2.75, 3.05) is 25.6 Å². The number of benzene rings is 2. The van der Waals surface area contributed by atoms with E-state index >= 15 is 0 Å². The minimum absolute atomic E-state index is 0.142. The van der Waals surface area contributed by atoms with E-state index < -0.39 is 11.9 Å². The number of hydrogen-bond donors (Lipinski definition) is 2. The topological polar surface area (TPSA) is 90.3 Å². The van der Waals surface area contributed by atoms with Gasteiger partial charge >= 0.3 is 0 Å². The van der Waals surface area contributed by atoms with Gasteiger partial charge in [0.15, 0.2) is 11.6 Å². The number of anilines is 1. The molecule has 0 aliphatic carbocycles. The average molecular weight is 490 g/mol. The number of hydrogen-bond acceptors (Lipinski definition) is 6. The molecule has 1 fully saturated rings. The molecule has 0 saturated carbocycles. The maximum atomic E-state index is 14.5. The molecule has 0 spiro atoms. The predicted molar refractivity (Wildman–Crippen MR) is 135 cm³/mol. The number of nitrogens with one attached hydrogen (secondary N) is 2. The van der Waals surface area contributed by atoms with Gasteiger partial charge in [-0.1, -0.05) is 12.1 Å². The predicted octanol–water partition coefficient (Wildman–Crippen LogP) is 4.23. The first-order chi connectivity index (χ1) is 17.5. The van der Waals surface area contributed by atoms with E-state index in [1.54, 1.807) is 48.5 Å². The van der Waals surface area contributed by atoms with Crippen LogP contribution in [-0.2, 0) is 11.8 Å². The van der Waals surface area contributed by atoms with Gasteiger partial charge in [-0.05, 0) is 54.1 Å². The van der Waals surface area contributed by atoms with E-state index in [-0.39, 0.29) is 11.7 Å². The third kappa shape index (κ3) is 5.16. The van der Waals surface area contributed by atoms with E-state index in [1.165, 1.54) is 13.2 Å². The molecule has 36 heavy (non-hydrogen) atoms. The number of aromatic nitrogens is 3. The van der Waals surface area contributed by atoms with Crippen LogP contribution in [0, 0.1) is 5.82 Å². The Hall–Kier alpha value is -3.98. The maximum absolute atomic E-state index is 14.5. The van der Waals surface area contributed by atoms with E-state index in [0.29, 0.717) is 17.2 Å². The van der Waals surface area contributed by atoms with Gasteiger partial charge in [-0.2, -0.15) is 5.10 Å². The molecule has 2 aromatic heterocycles. The van der Waals surface area contributed by atoms with Gasteiger partial charge in [0, 0.05) is 55.2 Å². The normalized spacial score (nSPS) is 15.0. The van der Waals surface area contributed by atoms with Crippen molar-refractivity contribution >= 4 is 22.5 Å². The van der Waals surface area contributed by atoms with Crippen molar-refractivity contribution in [3.8, 4) is 5.75 Å². The van der Waals surface area contributed by atoms with Crippen molar-refractivity contribution in [1.29, 1.82) is 0 Å². The molecule has 8 nitrogen and oxygen atoms in total. The van der Waals surface area contributed by atoms with Gasteiger partial charge in [-0.15, -0.1) is 0 Å². The third-order valence-electron chi connectivity index (χ3n) is 6.40. The molecule has 9 heteroatoms. The van der Waals surface area contributed by atoms with Crippen LogP contribution < -0.4 is 15.4 Å². The summed E-state index contributed by atoms with van der Waals surface area (Å²) in [4.78, 5) is 17.9. The van der Waals surface area contributed by atoms with Crippen LogP contribution >= 0.6 is 0 Å². The van der Waals surface area contributed by atoms with Crippen LogP contribution in [0.25, 0.3) is 10.8 Å². The zero-order valence-corrected chi connectivity index (χ0v) is 20.2. The lowest BCUT2D eigenvalue weighted by atomic mass is 10.00. The molecule has 186 valence electrons. The van der Waals surface area contributed by atoms with E-state index in [1.807, 2.05) is 18.2 Å². The zero-order chi connectivity index (χ0) is 25.1. The summed E-state index contributed by atoms with van der Waals surface area (Å²) >= 11 is 0. The Balaban J connectivity index is 1.41. The van der Waals surface area contributed by atoms with Crippen molar-refractivity contribution in [1.82, 2.24) is 20.1 Å². The van der Waals surface area contributed by atoms with Crippen molar-refractivity contribution < 1.29 is 18.7 Å². The first-order valence-electron chi connectivity index (χ1n) is 11.9. The van der Waals surface area contributed by atoms with Crippen LogP contribution in [0.15, 0.2) is 61.1 Å². The van der Waals surface area contributed by atoms with E-state index in [2.05, 4.69) is 20.7 Å². The number of pyridine rings is 1. The maximum Gasteiger partial charge on any atom is 0.252 e. The highest BCUT2D eigenvalue weighted by Crippen LogP contribution is 2.27. The Bertz CT molecular complexity index is 1380. The lowest BCUT2D eigenvalue weighted by Crippen LogP contribution is -2.29. The Kier molecular flexibility index (Phi) is 6.81. The molecular formula is C27H28FN5O3. The number of fused-ring (bicyclic) bond motifs is 1. The van der Waals surface area contributed by atoms with Crippen LogP contribution in [0.4, 0.5) is 10.2 Å². The minimum atomic E-state index is -0.592. The Labute approximate surface area is 208 Å². The minimum Gasteiger partial charge on any atom is -0.494 e. The lowest BCUT2D eigenvalue weighted by Gasteiger charge is -2.23. The summed E-state index contributed by atoms with van der Waals surface area (Å²) in [5.41, 5.74) is 1.82. The molecule has 2 aromatic carbocycles. The standard InChI is InChI=1S/C27H28FN5O3/c1-33-16-21(15-30-33)26(17-5-6-24(35-2)23(28)12-17)32-27(34)18-3-4-19-14-29-25(13-20(19)11-18)31-22-7-9-36-10-8-22/h3-6,11-16,22,26H,7-10H2,1-2H3,(H,29,31)(H,32,34). The SMILES string of the molecule is COc1ccc(C(NC(=O)c2ccc3cnc(NC4CCOCC4)cc3c2)c2cnn(C)c2)cc1F.